The Bertz CT molecular complexity index is 1120. The zero-order chi connectivity index (χ0) is 22.4. The molecule has 0 fully saturated rings. The molecule has 0 aliphatic heterocycles. The molecule has 0 bridgehead atoms. The lowest BCUT2D eigenvalue weighted by atomic mass is 10.0. The van der Waals surface area contributed by atoms with Gasteiger partial charge in [-0.05, 0) is 67.4 Å². The first-order valence-electron chi connectivity index (χ1n) is 9.96. The van der Waals surface area contributed by atoms with Gasteiger partial charge in [0.25, 0.3) is 15.9 Å². The second-order valence-electron chi connectivity index (χ2n) is 7.20. The minimum Gasteiger partial charge on any atom is -0.497 e. The summed E-state index contributed by atoms with van der Waals surface area (Å²) in [5.41, 5.74) is 3.04. The Hall–Kier alpha value is -3.32. The summed E-state index contributed by atoms with van der Waals surface area (Å²) in [6.45, 7) is 4.04. The Labute approximate surface area is 183 Å². The van der Waals surface area contributed by atoms with Crippen LogP contribution in [0.5, 0.6) is 5.75 Å². The molecule has 0 aromatic heterocycles. The van der Waals surface area contributed by atoms with E-state index in [1.54, 1.807) is 36.4 Å². The second kappa shape index (κ2) is 9.66. The van der Waals surface area contributed by atoms with Crippen LogP contribution >= 0.6 is 0 Å². The van der Waals surface area contributed by atoms with Crippen molar-refractivity contribution >= 4 is 21.6 Å². The molecule has 31 heavy (non-hydrogen) atoms. The number of nitrogens with one attached hydrogen (secondary N) is 2. The Morgan fingerprint density at radius 2 is 1.55 bits per heavy atom. The molecule has 0 saturated carbocycles. The van der Waals surface area contributed by atoms with Crippen LogP contribution in [0.4, 0.5) is 5.69 Å². The van der Waals surface area contributed by atoms with Crippen molar-refractivity contribution in [1.82, 2.24) is 5.32 Å². The van der Waals surface area contributed by atoms with Crippen LogP contribution in [0.2, 0.25) is 0 Å². The molecule has 7 heteroatoms. The molecule has 0 aliphatic carbocycles. The maximum atomic E-state index is 12.7. The van der Waals surface area contributed by atoms with Crippen molar-refractivity contribution in [2.75, 3.05) is 11.8 Å². The highest BCUT2D eigenvalue weighted by molar-refractivity contribution is 7.92. The molecule has 0 radical (unpaired) electrons. The van der Waals surface area contributed by atoms with Gasteiger partial charge in [0.1, 0.15) is 5.75 Å². The van der Waals surface area contributed by atoms with Crippen LogP contribution in [0.15, 0.2) is 77.7 Å². The van der Waals surface area contributed by atoms with Gasteiger partial charge in [-0.2, -0.15) is 0 Å². The highest BCUT2D eigenvalue weighted by Crippen LogP contribution is 2.21. The number of carbonyl (C=O) groups excluding carboxylic acids is 1. The fourth-order valence-corrected chi connectivity index (χ4v) is 4.18. The van der Waals surface area contributed by atoms with E-state index in [2.05, 4.69) is 10.0 Å². The Kier molecular flexibility index (Phi) is 6.97. The second-order valence-corrected chi connectivity index (χ2v) is 8.89. The van der Waals surface area contributed by atoms with Crippen molar-refractivity contribution < 1.29 is 17.9 Å². The van der Waals surface area contributed by atoms with Gasteiger partial charge in [0.05, 0.1) is 18.0 Å². The summed E-state index contributed by atoms with van der Waals surface area (Å²) in [5.74, 6) is 0.363. The molecule has 0 unspecified atom stereocenters. The fraction of sp³-hybridized carbons (Fsp3) is 0.208. The maximum Gasteiger partial charge on any atom is 0.261 e. The van der Waals surface area contributed by atoms with Crippen molar-refractivity contribution in [2.45, 2.75) is 31.2 Å². The quantitative estimate of drug-likeness (QED) is 0.535. The number of carbonyl (C=O) groups is 1. The molecular formula is C24H26N2O4S. The molecule has 162 valence electrons. The summed E-state index contributed by atoms with van der Waals surface area (Å²) in [6, 6.07) is 20.4. The molecule has 1 amide bonds. The molecule has 3 rings (SSSR count). The lowest BCUT2D eigenvalue weighted by Gasteiger charge is -2.18. The number of methoxy groups -OCH3 is 1. The third kappa shape index (κ3) is 5.64. The van der Waals surface area contributed by atoms with Crippen LogP contribution in [0.25, 0.3) is 0 Å². The van der Waals surface area contributed by atoms with Crippen molar-refractivity contribution in [3.05, 3.63) is 89.5 Å². The summed E-state index contributed by atoms with van der Waals surface area (Å²) in [6.07, 6.45) is 0.758. The summed E-state index contributed by atoms with van der Waals surface area (Å²) in [7, 11) is -2.22. The normalized spacial score (nSPS) is 12.1. The first-order valence-corrected chi connectivity index (χ1v) is 11.4. The molecule has 6 nitrogen and oxygen atoms in total. The number of sulfonamides is 1. The maximum absolute atomic E-state index is 12.7. The van der Waals surface area contributed by atoms with Crippen LogP contribution in [-0.2, 0) is 10.0 Å². The third-order valence-corrected chi connectivity index (χ3v) is 6.36. The van der Waals surface area contributed by atoms with Gasteiger partial charge in [-0.25, -0.2) is 8.42 Å². The minimum absolute atomic E-state index is 0.0960. The predicted molar refractivity (Wildman–Crippen MR) is 122 cm³/mol. The standard InChI is InChI=1S/C24H26N2O4S/c1-4-23(18-7-5-17(2)6-8-18)25-24(27)19-9-11-20(12-10-19)26-31(28,29)22-15-13-21(30-3)14-16-22/h5-16,23,26H,4H2,1-3H3,(H,25,27)/t23-/m0/s1. The molecule has 0 saturated heterocycles. The van der Waals surface area contributed by atoms with E-state index in [0.29, 0.717) is 17.0 Å². The van der Waals surface area contributed by atoms with Crippen molar-refractivity contribution in [3.63, 3.8) is 0 Å². The van der Waals surface area contributed by atoms with E-state index in [4.69, 9.17) is 4.74 Å². The van der Waals surface area contributed by atoms with Gasteiger partial charge in [0, 0.05) is 11.3 Å². The smallest absolute Gasteiger partial charge is 0.261 e. The number of amides is 1. The predicted octanol–water partition coefficient (Wildman–Crippen LogP) is 4.69. The van der Waals surface area contributed by atoms with Crippen LogP contribution in [-0.4, -0.2) is 21.4 Å². The Balaban J connectivity index is 1.68. The number of ether oxygens (including phenoxy) is 1. The number of hydrogen-bond donors (Lipinski definition) is 2. The largest absolute Gasteiger partial charge is 0.497 e. The van der Waals surface area contributed by atoms with E-state index in [9.17, 15) is 13.2 Å². The van der Waals surface area contributed by atoms with Crippen molar-refractivity contribution in [3.8, 4) is 5.75 Å². The summed E-state index contributed by atoms with van der Waals surface area (Å²) >= 11 is 0. The van der Waals surface area contributed by atoms with Gasteiger partial charge in [-0.1, -0.05) is 36.8 Å². The molecule has 0 spiro atoms. The first kappa shape index (κ1) is 22.4. The highest BCUT2D eigenvalue weighted by Gasteiger charge is 2.16. The van der Waals surface area contributed by atoms with Crippen LogP contribution < -0.4 is 14.8 Å². The average Bonchev–Trinajstić information content (AvgIpc) is 2.78. The first-order chi connectivity index (χ1) is 14.8. The molecule has 0 aliphatic rings. The van der Waals surface area contributed by atoms with Crippen molar-refractivity contribution in [1.29, 1.82) is 0 Å². The van der Waals surface area contributed by atoms with Crippen molar-refractivity contribution in [2.24, 2.45) is 0 Å². The van der Waals surface area contributed by atoms with E-state index in [1.165, 1.54) is 19.2 Å². The van der Waals surface area contributed by atoms with Crippen LogP contribution in [0, 0.1) is 6.92 Å². The SMILES string of the molecule is CC[C@H](NC(=O)c1ccc(NS(=O)(=O)c2ccc(OC)cc2)cc1)c1ccc(C)cc1. The number of rotatable bonds is 8. The van der Waals surface area contributed by atoms with E-state index in [1.807, 2.05) is 38.1 Å². The van der Waals surface area contributed by atoms with Crippen LogP contribution in [0.1, 0.15) is 40.9 Å². The summed E-state index contributed by atoms with van der Waals surface area (Å²) in [5, 5.41) is 3.03. The fourth-order valence-electron chi connectivity index (χ4n) is 3.12. The van der Waals surface area contributed by atoms with Gasteiger partial charge >= 0.3 is 0 Å². The van der Waals surface area contributed by atoms with E-state index < -0.39 is 10.0 Å². The zero-order valence-electron chi connectivity index (χ0n) is 17.8. The van der Waals surface area contributed by atoms with E-state index in [0.717, 1.165) is 17.5 Å². The van der Waals surface area contributed by atoms with Gasteiger partial charge in [-0.15, -0.1) is 0 Å². The summed E-state index contributed by atoms with van der Waals surface area (Å²) in [4.78, 5) is 12.8. The van der Waals surface area contributed by atoms with E-state index >= 15 is 0 Å². The summed E-state index contributed by atoms with van der Waals surface area (Å²) < 4.78 is 32.7. The zero-order valence-corrected chi connectivity index (χ0v) is 18.6. The molecule has 3 aromatic carbocycles. The number of aryl methyl sites for hydroxylation is 1. The topological polar surface area (TPSA) is 84.5 Å². The number of benzene rings is 3. The van der Waals surface area contributed by atoms with Gasteiger partial charge in [-0.3, -0.25) is 9.52 Å². The van der Waals surface area contributed by atoms with Gasteiger partial charge < -0.3 is 10.1 Å². The lowest BCUT2D eigenvalue weighted by Crippen LogP contribution is -2.28. The molecule has 3 aromatic rings. The van der Waals surface area contributed by atoms with Gasteiger partial charge in [0.15, 0.2) is 0 Å². The molecule has 0 heterocycles. The number of anilines is 1. The number of hydrogen-bond acceptors (Lipinski definition) is 4. The monoisotopic (exact) mass is 438 g/mol. The average molecular weight is 439 g/mol. The lowest BCUT2D eigenvalue weighted by molar-refractivity contribution is 0.0935. The van der Waals surface area contributed by atoms with E-state index in [-0.39, 0.29) is 16.8 Å². The Morgan fingerprint density at radius 1 is 0.935 bits per heavy atom. The molecule has 1 atom stereocenters. The molecular weight excluding hydrogens is 412 g/mol. The molecule has 2 N–H and O–H groups in total. The minimum atomic E-state index is -3.74. The third-order valence-electron chi connectivity index (χ3n) is 4.96. The highest BCUT2D eigenvalue weighted by atomic mass is 32.2. The van der Waals surface area contributed by atoms with Gasteiger partial charge in [0.2, 0.25) is 0 Å². The Morgan fingerprint density at radius 3 is 2.10 bits per heavy atom. The van der Waals surface area contributed by atoms with Crippen LogP contribution in [0.3, 0.4) is 0 Å².